The minimum atomic E-state index is 0.355. The average molecular weight is 201 g/mol. The maximum atomic E-state index is 11.1. The van der Waals surface area contributed by atoms with Crippen molar-refractivity contribution in [2.24, 2.45) is 0 Å². The smallest absolute Gasteiger partial charge is 0.146 e. The van der Waals surface area contributed by atoms with E-state index in [1.165, 1.54) is 0 Å². The Bertz CT molecular complexity index is 173. The maximum Gasteiger partial charge on any atom is 0.146 e. The maximum absolute atomic E-state index is 11.1. The van der Waals surface area contributed by atoms with Crippen molar-refractivity contribution in [2.75, 3.05) is 46.6 Å². The number of ketones is 1. The Labute approximate surface area is 85.2 Å². The van der Waals surface area contributed by atoms with Crippen LogP contribution in [0.5, 0.6) is 0 Å². The first-order valence-electron chi connectivity index (χ1n) is 5.13. The van der Waals surface area contributed by atoms with Crippen LogP contribution >= 0.6 is 0 Å². The van der Waals surface area contributed by atoms with Crippen LogP contribution in [0.25, 0.3) is 0 Å². The lowest BCUT2D eigenvalue weighted by Crippen LogP contribution is -2.37. The summed E-state index contributed by atoms with van der Waals surface area (Å²) in [6.45, 7) is 4.45. The molecule has 0 aromatic carbocycles. The van der Waals surface area contributed by atoms with Crippen LogP contribution in [0.2, 0.25) is 0 Å². The Balaban J connectivity index is 1.97. The van der Waals surface area contributed by atoms with E-state index in [2.05, 4.69) is 4.90 Å². The third-order valence-corrected chi connectivity index (χ3v) is 2.31. The van der Waals surface area contributed by atoms with Crippen LogP contribution in [-0.4, -0.2) is 57.2 Å². The number of carbonyl (C=O) groups is 1. The van der Waals surface area contributed by atoms with E-state index < -0.39 is 0 Å². The van der Waals surface area contributed by atoms with Gasteiger partial charge in [-0.3, -0.25) is 9.69 Å². The van der Waals surface area contributed by atoms with Crippen molar-refractivity contribution in [3.63, 3.8) is 0 Å². The molecule has 0 saturated carbocycles. The number of methoxy groups -OCH3 is 1. The van der Waals surface area contributed by atoms with E-state index in [0.29, 0.717) is 32.1 Å². The van der Waals surface area contributed by atoms with E-state index in [9.17, 15) is 4.79 Å². The minimum Gasteiger partial charge on any atom is -0.382 e. The monoisotopic (exact) mass is 201 g/mol. The molecule has 0 radical (unpaired) electrons. The second-order valence-corrected chi connectivity index (χ2v) is 3.52. The minimum absolute atomic E-state index is 0.355. The van der Waals surface area contributed by atoms with Gasteiger partial charge in [0.1, 0.15) is 5.78 Å². The fraction of sp³-hybridized carbons (Fsp3) is 0.900. The van der Waals surface area contributed by atoms with E-state index in [4.69, 9.17) is 9.47 Å². The number of ether oxygens (including phenoxy) is 2. The third-order valence-electron chi connectivity index (χ3n) is 2.31. The normalized spacial score (nSPS) is 18.8. The van der Waals surface area contributed by atoms with Crippen LogP contribution in [0.1, 0.15) is 12.8 Å². The lowest BCUT2D eigenvalue weighted by molar-refractivity contribution is -0.122. The van der Waals surface area contributed by atoms with Gasteiger partial charge in [-0.25, -0.2) is 0 Å². The van der Waals surface area contributed by atoms with Crippen molar-refractivity contribution in [1.29, 1.82) is 0 Å². The van der Waals surface area contributed by atoms with Gasteiger partial charge in [-0.15, -0.1) is 0 Å². The zero-order valence-electron chi connectivity index (χ0n) is 8.83. The standard InChI is InChI=1S/C10H19NO3/c1-13-7-8-14-6-5-11-4-2-3-10(12)9-11/h2-9H2,1H3. The van der Waals surface area contributed by atoms with Gasteiger partial charge in [-0.1, -0.05) is 0 Å². The molecule has 0 bridgehead atoms. The molecule has 4 heteroatoms. The molecular weight excluding hydrogens is 182 g/mol. The number of piperidine rings is 1. The highest BCUT2D eigenvalue weighted by Crippen LogP contribution is 2.04. The highest BCUT2D eigenvalue weighted by atomic mass is 16.5. The topological polar surface area (TPSA) is 38.8 Å². The lowest BCUT2D eigenvalue weighted by atomic mass is 10.1. The number of hydrogen-bond donors (Lipinski definition) is 0. The number of hydrogen-bond acceptors (Lipinski definition) is 4. The van der Waals surface area contributed by atoms with Crippen LogP contribution in [0.3, 0.4) is 0 Å². The Morgan fingerprint density at radius 3 is 2.93 bits per heavy atom. The number of nitrogens with zero attached hydrogens (tertiary/aromatic N) is 1. The lowest BCUT2D eigenvalue weighted by Gasteiger charge is -2.25. The highest BCUT2D eigenvalue weighted by molar-refractivity contribution is 5.81. The second kappa shape index (κ2) is 6.92. The summed E-state index contributed by atoms with van der Waals surface area (Å²) in [5, 5.41) is 0. The van der Waals surface area contributed by atoms with Gasteiger partial charge in [-0.2, -0.15) is 0 Å². The Morgan fingerprint density at radius 2 is 2.21 bits per heavy atom. The molecule has 0 unspecified atom stereocenters. The predicted molar refractivity (Wildman–Crippen MR) is 53.4 cm³/mol. The molecule has 1 aliphatic heterocycles. The van der Waals surface area contributed by atoms with Crippen molar-refractivity contribution < 1.29 is 14.3 Å². The van der Waals surface area contributed by atoms with Gasteiger partial charge in [0, 0.05) is 20.1 Å². The number of likely N-dealkylation sites (tertiary alicyclic amines) is 1. The predicted octanol–water partition coefficient (Wildman–Crippen LogP) is 0.314. The van der Waals surface area contributed by atoms with Gasteiger partial charge in [-0.05, 0) is 13.0 Å². The number of rotatable bonds is 6. The summed E-state index contributed by atoms with van der Waals surface area (Å²) in [5.74, 6) is 0.355. The van der Waals surface area contributed by atoms with Gasteiger partial charge in [0.15, 0.2) is 0 Å². The first-order chi connectivity index (χ1) is 6.83. The van der Waals surface area contributed by atoms with Crippen molar-refractivity contribution in [3.05, 3.63) is 0 Å². The SMILES string of the molecule is COCCOCCN1CCCC(=O)C1. The molecule has 1 rings (SSSR count). The molecule has 0 aromatic heterocycles. The van der Waals surface area contributed by atoms with Gasteiger partial charge < -0.3 is 9.47 Å². The molecule has 0 amide bonds. The first-order valence-corrected chi connectivity index (χ1v) is 5.13. The molecule has 1 saturated heterocycles. The van der Waals surface area contributed by atoms with E-state index in [1.54, 1.807) is 7.11 Å². The fourth-order valence-corrected chi connectivity index (χ4v) is 1.54. The average Bonchev–Trinajstić information content (AvgIpc) is 2.18. The van der Waals surface area contributed by atoms with Crippen LogP contribution in [0.15, 0.2) is 0 Å². The van der Waals surface area contributed by atoms with Crippen LogP contribution in [-0.2, 0) is 14.3 Å². The van der Waals surface area contributed by atoms with Crippen molar-refractivity contribution in [2.45, 2.75) is 12.8 Å². The zero-order chi connectivity index (χ0) is 10.2. The molecule has 1 fully saturated rings. The molecule has 82 valence electrons. The van der Waals surface area contributed by atoms with Gasteiger partial charge in [0.05, 0.1) is 26.4 Å². The first kappa shape index (κ1) is 11.6. The van der Waals surface area contributed by atoms with Gasteiger partial charge in [0.2, 0.25) is 0 Å². The third kappa shape index (κ3) is 4.69. The van der Waals surface area contributed by atoms with Crippen LogP contribution in [0.4, 0.5) is 0 Å². The molecule has 1 aliphatic rings. The van der Waals surface area contributed by atoms with Crippen molar-refractivity contribution in [1.82, 2.24) is 4.90 Å². The number of Topliss-reactive ketones (excluding diaryl/α,β-unsaturated/α-hetero) is 1. The summed E-state index contributed by atoms with van der Waals surface area (Å²) < 4.78 is 10.2. The summed E-state index contributed by atoms with van der Waals surface area (Å²) in [5.41, 5.74) is 0. The largest absolute Gasteiger partial charge is 0.382 e. The molecule has 4 nitrogen and oxygen atoms in total. The second-order valence-electron chi connectivity index (χ2n) is 3.52. The molecule has 0 aliphatic carbocycles. The fourth-order valence-electron chi connectivity index (χ4n) is 1.54. The molecule has 0 N–H and O–H groups in total. The van der Waals surface area contributed by atoms with Crippen LogP contribution in [0, 0.1) is 0 Å². The van der Waals surface area contributed by atoms with Gasteiger partial charge in [0.25, 0.3) is 0 Å². The quantitative estimate of drug-likeness (QED) is 0.580. The molecule has 0 spiro atoms. The summed E-state index contributed by atoms with van der Waals surface area (Å²) in [6.07, 6.45) is 1.75. The molecule has 0 aromatic rings. The van der Waals surface area contributed by atoms with Gasteiger partial charge >= 0.3 is 0 Å². The highest BCUT2D eigenvalue weighted by Gasteiger charge is 2.15. The molecule has 0 atom stereocenters. The number of carbonyl (C=O) groups excluding carboxylic acids is 1. The summed E-state index contributed by atoms with van der Waals surface area (Å²) in [6, 6.07) is 0. The van der Waals surface area contributed by atoms with Crippen molar-refractivity contribution >= 4 is 5.78 Å². The van der Waals surface area contributed by atoms with E-state index >= 15 is 0 Å². The Hall–Kier alpha value is -0.450. The molecule has 1 heterocycles. The molecular formula is C10H19NO3. The molecule has 14 heavy (non-hydrogen) atoms. The summed E-state index contributed by atoms with van der Waals surface area (Å²) in [4.78, 5) is 13.3. The van der Waals surface area contributed by atoms with E-state index in [1.807, 2.05) is 0 Å². The summed E-state index contributed by atoms with van der Waals surface area (Å²) >= 11 is 0. The van der Waals surface area contributed by atoms with Crippen LogP contribution < -0.4 is 0 Å². The zero-order valence-corrected chi connectivity index (χ0v) is 8.83. The Morgan fingerprint density at radius 1 is 1.36 bits per heavy atom. The van der Waals surface area contributed by atoms with E-state index in [-0.39, 0.29) is 0 Å². The van der Waals surface area contributed by atoms with Crippen molar-refractivity contribution in [3.8, 4) is 0 Å². The Kier molecular flexibility index (Phi) is 5.75. The summed E-state index contributed by atoms with van der Waals surface area (Å²) in [7, 11) is 1.66. The van der Waals surface area contributed by atoms with E-state index in [0.717, 1.165) is 25.9 Å².